The summed E-state index contributed by atoms with van der Waals surface area (Å²) in [4.78, 5) is 2.21. The van der Waals surface area contributed by atoms with E-state index in [1.165, 1.54) is 12.8 Å². The highest BCUT2D eigenvalue weighted by atomic mass is 19.4. The molecular formula is C14H25F3N2O. The molecule has 0 bridgehead atoms. The van der Waals surface area contributed by atoms with Crippen LogP contribution in [0.2, 0.25) is 0 Å². The summed E-state index contributed by atoms with van der Waals surface area (Å²) < 4.78 is 40.2. The smallest absolute Gasteiger partial charge is 0.311 e. The molecule has 20 heavy (non-hydrogen) atoms. The van der Waals surface area contributed by atoms with Gasteiger partial charge in [0.1, 0.15) is 0 Å². The molecule has 1 N–H and O–H groups in total. The molecule has 2 fully saturated rings. The van der Waals surface area contributed by atoms with Crippen molar-refractivity contribution in [2.45, 2.75) is 51.6 Å². The minimum atomic E-state index is -4.51. The first-order valence-electron chi connectivity index (χ1n) is 7.58. The Morgan fingerprint density at radius 1 is 1.35 bits per heavy atom. The third-order valence-electron chi connectivity index (χ3n) is 4.63. The van der Waals surface area contributed by atoms with Gasteiger partial charge in [-0.1, -0.05) is 20.3 Å². The Kier molecular flexibility index (Phi) is 5.31. The Hall–Kier alpha value is -0.330. The van der Waals surface area contributed by atoms with Gasteiger partial charge in [-0.2, -0.15) is 0 Å². The second-order valence-electron chi connectivity index (χ2n) is 6.09. The van der Waals surface area contributed by atoms with E-state index >= 15 is 0 Å². The minimum Gasteiger partial charge on any atom is -0.311 e. The first-order chi connectivity index (χ1) is 9.40. The zero-order valence-corrected chi connectivity index (χ0v) is 12.2. The SMILES string of the molecule is CCC(C)C1CN(CCOC(F)(F)F)C(C2CC2)CN1. The fourth-order valence-electron chi connectivity index (χ4n) is 3.00. The van der Waals surface area contributed by atoms with Gasteiger partial charge in [-0.25, -0.2) is 0 Å². The number of nitrogens with zero attached hydrogens (tertiary/aromatic N) is 1. The molecule has 0 radical (unpaired) electrons. The van der Waals surface area contributed by atoms with E-state index in [4.69, 9.17) is 0 Å². The highest BCUT2D eigenvalue weighted by molar-refractivity contribution is 4.95. The molecule has 2 aliphatic rings. The monoisotopic (exact) mass is 294 g/mol. The Balaban J connectivity index is 1.86. The van der Waals surface area contributed by atoms with E-state index in [0.717, 1.165) is 19.5 Å². The number of alkyl halides is 3. The molecule has 1 saturated heterocycles. The molecule has 0 amide bonds. The highest BCUT2D eigenvalue weighted by Gasteiger charge is 2.39. The lowest BCUT2D eigenvalue weighted by Crippen LogP contribution is -2.59. The van der Waals surface area contributed by atoms with Gasteiger partial charge in [0.2, 0.25) is 0 Å². The van der Waals surface area contributed by atoms with E-state index in [1.54, 1.807) is 0 Å². The summed E-state index contributed by atoms with van der Waals surface area (Å²) in [7, 11) is 0. The maximum atomic E-state index is 12.1. The lowest BCUT2D eigenvalue weighted by atomic mass is 9.94. The normalized spacial score (nSPS) is 30.4. The van der Waals surface area contributed by atoms with Gasteiger partial charge in [0.25, 0.3) is 0 Å². The quantitative estimate of drug-likeness (QED) is 0.815. The molecule has 0 aromatic heterocycles. The average Bonchev–Trinajstić information content (AvgIpc) is 3.20. The molecule has 0 aromatic carbocycles. The Morgan fingerprint density at radius 2 is 2.05 bits per heavy atom. The summed E-state index contributed by atoms with van der Waals surface area (Å²) in [5.41, 5.74) is 0. The first kappa shape index (κ1) is 16.0. The van der Waals surface area contributed by atoms with Crippen LogP contribution < -0.4 is 5.32 Å². The Bertz CT molecular complexity index is 307. The molecule has 1 aliphatic heterocycles. The second-order valence-corrected chi connectivity index (χ2v) is 6.09. The molecule has 2 rings (SSSR count). The van der Waals surface area contributed by atoms with Gasteiger partial charge >= 0.3 is 6.36 Å². The predicted octanol–water partition coefficient (Wildman–Crippen LogP) is 2.62. The van der Waals surface area contributed by atoms with E-state index < -0.39 is 6.36 Å². The summed E-state index contributed by atoms with van der Waals surface area (Å²) in [6, 6.07) is 0.757. The number of hydrogen-bond donors (Lipinski definition) is 1. The van der Waals surface area contributed by atoms with Crippen molar-refractivity contribution in [2.24, 2.45) is 11.8 Å². The fraction of sp³-hybridized carbons (Fsp3) is 1.00. The van der Waals surface area contributed by atoms with Crippen LogP contribution >= 0.6 is 0 Å². The third-order valence-corrected chi connectivity index (χ3v) is 4.63. The molecule has 3 nitrogen and oxygen atoms in total. The number of rotatable bonds is 6. The van der Waals surface area contributed by atoms with Crippen LogP contribution in [0.25, 0.3) is 0 Å². The maximum absolute atomic E-state index is 12.1. The van der Waals surface area contributed by atoms with Gasteiger partial charge in [0.15, 0.2) is 0 Å². The van der Waals surface area contributed by atoms with Crippen molar-refractivity contribution in [3.63, 3.8) is 0 Å². The van der Waals surface area contributed by atoms with Gasteiger partial charge in [-0.05, 0) is 24.7 Å². The number of piperazine rings is 1. The fourth-order valence-corrected chi connectivity index (χ4v) is 3.00. The van der Waals surface area contributed by atoms with Gasteiger partial charge in [0, 0.05) is 31.7 Å². The van der Waals surface area contributed by atoms with Crippen LogP contribution in [-0.4, -0.2) is 49.6 Å². The van der Waals surface area contributed by atoms with E-state index in [1.807, 2.05) is 0 Å². The number of nitrogens with one attached hydrogen (secondary N) is 1. The van der Waals surface area contributed by atoms with E-state index in [-0.39, 0.29) is 6.61 Å². The van der Waals surface area contributed by atoms with Crippen molar-refractivity contribution in [1.29, 1.82) is 0 Å². The van der Waals surface area contributed by atoms with Crippen molar-refractivity contribution in [2.75, 3.05) is 26.2 Å². The molecule has 1 aliphatic carbocycles. The van der Waals surface area contributed by atoms with E-state index in [0.29, 0.717) is 30.5 Å². The zero-order chi connectivity index (χ0) is 14.8. The van der Waals surface area contributed by atoms with Gasteiger partial charge < -0.3 is 5.32 Å². The van der Waals surface area contributed by atoms with Crippen LogP contribution in [0, 0.1) is 11.8 Å². The third kappa shape index (κ3) is 4.60. The van der Waals surface area contributed by atoms with Crippen LogP contribution in [0.5, 0.6) is 0 Å². The lowest BCUT2D eigenvalue weighted by molar-refractivity contribution is -0.325. The topological polar surface area (TPSA) is 24.5 Å². The summed E-state index contributed by atoms with van der Waals surface area (Å²) in [5, 5.41) is 3.57. The van der Waals surface area contributed by atoms with Crippen molar-refractivity contribution in [3.05, 3.63) is 0 Å². The van der Waals surface area contributed by atoms with E-state index in [2.05, 4.69) is 28.8 Å². The molecule has 118 valence electrons. The second kappa shape index (κ2) is 6.62. The molecule has 1 saturated carbocycles. The van der Waals surface area contributed by atoms with Crippen molar-refractivity contribution in [3.8, 4) is 0 Å². The Labute approximate surface area is 118 Å². The zero-order valence-electron chi connectivity index (χ0n) is 12.2. The van der Waals surface area contributed by atoms with Gasteiger partial charge in [-0.3, -0.25) is 9.64 Å². The summed E-state index contributed by atoms with van der Waals surface area (Å²) in [6.45, 7) is 6.17. The van der Waals surface area contributed by atoms with Gasteiger partial charge in [0.05, 0.1) is 6.61 Å². The number of halogens is 3. The van der Waals surface area contributed by atoms with Crippen molar-refractivity contribution in [1.82, 2.24) is 10.2 Å². The first-order valence-corrected chi connectivity index (χ1v) is 7.58. The molecular weight excluding hydrogens is 269 g/mol. The maximum Gasteiger partial charge on any atom is 0.522 e. The van der Waals surface area contributed by atoms with Crippen LogP contribution in [0.4, 0.5) is 13.2 Å². The minimum absolute atomic E-state index is 0.264. The van der Waals surface area contributed by atoms with Crippen LogP contribution in [0.15, 0.2) is 0 Å². The molecule has 3 atom stereocenters. The van der Waals surface area contributed by atoms with Crippen molar-refractivity contribution < 1.29 is 17.9 Å². The van der Waals surface area contributed by atoms with Crippen molar-refractivity contribution >= 4 is 0 Å². The van der Waals surface area contributed by atoms with Crippen LogP contribution in [0.1, 0.15) is 33.1 Å². The number of hydrogen-bond acceptors (Lipinski definition) is 3. The average molecular weight is 294 g/mol. The highest BCUT2D eigenvalue weighted by Crippen LogP contribution is 2.36. The summed E-state index contributed by atoms with van der Waals surface area (Å²) in [6.07, 6.45) is -1.02. The molecule has 1 heterocycles. The van der Waals surface area contributed by atoms with Gasteiger partial charge in [-0.15, -0.1) is 13.2 Å². The lowest BCUT2D eigenvalue weighted by Gasteiger charge is -2.42. The molecule has 3 unspecified atom stereocenters. The summed E-state index contributed by atoms with van der Waals surface area (Å²) >= 11 is 0. The standard InChI is InChI=1S/C14H25F3N2O/c1-3-10(2)12-9-19(6-7-20-14(15,16)17)13(8-18-12)11-4-5-11/h10-13,18H,3-9H2,1-2H3. The number of ether oxygens (including phenoxy) is 1. The predicted molar refractivity (Wildman–Crippen MR) is 71.3 cm³/mol. The van der Waals surface area contributed by atoms with Crippen LogP contribution in [0.3, 0.4) is 0 Å². The largest absolute Gasteiger partial charge is 0.522 e. The van der Waals surface area contributed by atoms with E-state index in [9.17, 15) is 13.2 Å². The molecule has 0 spiro atoms. The molecule has 0 aromatic rings. The Morgan fingerprint density at radius 3 is 2.60 bits per heavy atom. The molecule has 6 heteroatoms. The summed E-state index contributed by atoms with van der Waals surface area (Å²) in [5.74, 6) is 1.20. The van der Waals surface area contributed by atoms with Crippen LogP contribution in [-0.2, 0) is 4.74 Å².